The summed E-state index contributed by atoms with van der Waals surface area (Å²) in [5, 5.41) is 5.86. The lowest BCUT2D eigenvalue weighted by atomic mass is 9.80. The predicted octanol–water partition coefficient (Wildman–Crippen LogP) is 1.03. The molecular formula is C22H32N6O4. The van der Waals surface area contributed by atoms with E-state index < -0.39 is 16.9 Å². The highest BCUT2D eigenvalue weighted by Crippen LogP contribution is 2.38. The molecule has 0 bridgehead atoms. The molecule has 1 aliphatic rings. The van der Waals surface area contributed by atoms with Crippen LogP contribution < -0.4 is 21.9 Å². The Morgan fingerprint density at radius 2 is 1.72 bits per heavy atom. The zero-order valence-electron chi connectivity index (χ0n) is 19.6. The van der Waals surface area contributed by atoms with Gasteiger partial charge >= 0.3 is 5.69 Å². The monoisotopic (exact) mass is 444 g/mol. The third-order valence-electron chi connectivity index (χ3n) is 6.01. The van der Waals surface area contributed by atoms with E-state index in [1.165, 1.54) is 25.5 Å². The smallest absolute Gasteiger partial charge is 0.332 e. The lowest BCUT2D eigenvalue weighted by Crippen LogP contribution is -2.61. The number of nitrogens with one attached hydrogen (secondary N) is 2. The molecule has 0 saturated heterocycles. The lowest BCUT2D eigenvalue weighted by Gasteiger charge is -2.41. The topological polar surface area (TPSA) is 120 Å². The maximum Gasteiger partial charge on any atom is 0.332 e. The third-order valence-corrected chi connectivity index (χ3v) is 6.01. The van der Waals surface area contributed by atoms with Crippen molar-refractivity contribution in [2.75, 3.05) is 0 Å². The standard InChI is InChI=1S/C22H32N6O4/c1-13(2)9-11-28-17-19(26(5)21(32)27(6)20(17)31)23-18(28)16-8-7-10-22(12-16,24-14(3)29)25-15(4)30/h9,16H,7-8,10-12H2,1-6H3,(H,24,29)(H,25,30). The van der Waals surface area contributed by atoms with E-state index in [9.17, 15) is 19.2 Å². The molecule has 0 aromatic carbocycles. The van der Waals surface area contributed by atoms with E-state index in [1.807, 2.05) is 24.5 Å². The summed E-state index contributed by atoms with van der Waals surface area (Å²) in [6, 6.07) is 0. The molecule has 1 aliphatic carbocycles. The fourth-order valence-electron chi connectivity index (χ4n) is 4.66. The first kappa shape index (κ1) is 23.5. The molecule has 2 aromatic rings. The van der Waals surface area contributed by atoms with Crippen molar-refractivity contribution < 1.29 is 9.59 Å². The van der Waals surface area contributed by atoms with Gasteiger partial charge < -0.3 is 15.2 Å². The van der Waals surface area contributed by atoms with Gasteiger partial charge in [0.15, 0.2) is 11.2 Å². The number of imidazole rings is 1. The largest absolute Gasteiger partial charge is 0.334 e. The normalized spacial score (nSPS) is 17.8. The van der Waals surface area contributed by atoms with Gasteiger partial charge in [-0.1, -0.05) is 11.6 Å². The Kier molecular flexibility index (Phi) is 6.43. The summed E-state index contributed by atoms with van der Waals surface area (Å²) in [6.07, 6.45) is 4.60. The number of aromatic nitrogens is 4. The van der Waals surface area contributed by atoms with Gasteiger partial charge in [0, 0.05) is 40.4 Å². The van der Waals surface area contributed by atoms with E-state index in [0.717, 1.165) is 23.0 Å². The predicted molar refractivity (Wildman–Crippen MR) is 121 cm³/mol. The van der Waals surface area contributed by atoms with Crippen LogP contribution in [-0.4, -0.2) is 36.2 Å². The number of hydrogen-bond acceptors (Lipinski definition) is 5. The summed E-state index contributed by atoms with van der Waals surface area (Å²) in [4.78, 5) is 54.1. The Morgan fingerprint density at radius 1 is 1.09 bits per heavy atom. The van der Waals surface area contributed by atoms with E-state index in [0.29, 0.717) is 36.4 Å². The van der Waals surface area contributed by atoms with Crippen LogP contribution in [0.5, 0.6) is 0 Å². The summed E-state index contributed by atoms with van der Waals surface area (Å²) in [6.45, 7) is 7.25. The van der Waals surface area contributed by atoms with Gasteiger partial charge in [-0.3, -0.25) is 23.5 Å². The van der Waals surface area contributed by atoms with E-state index in [1.54, 1.807) is 7.05 Å². The highest BCUT2D eigenvalue weighted by Gasteiger charge is 2.40. The Bertz CT molecular complexity index is 1200. The van der Waals surface area contributed by atoms with Gasteiger partial charge in [-0.05, 0) is 39.5 Å². The minimum absolute atomic E-state index is 0.125. The number of carbonyl (C=O) groups is 2. The maximum atomic E-state index is 13.0. The van der Waals surface area contributed by atoms with Crippen molar-refractivity contribution in [1.29, 1.82) is 0 Å². The number of nitrogens with zero attached hydrogens (tertiary/aromatic N) is 4. The minimum Gasteiger partial charge on any atom is -0.334 e. The number of fused-ring (bicyclic) bond motifs is 1. The van der Waals surface area contributed by atoms with E-state index in [-0.39, 0.29) is 17.7 Å². The quantitative estimate of drug-likeness (QED) is 0.527. The van der Waals surface area contributed by atoms with Crippen LogP contribution in [0.1, 0.15) is 65.1 Å². The van der Waals surface area contributed by atoms with Crippen LogP contribution in [0.15, 0.2) is 21.2 Å². The second-order valence-corrected chi connectivity index (χ2v) is 8.98. The average Bonchev–Trinajstić information content (AvgIpc) is 3.07. The summed E-state index contributed by atoms with van der Waals surface area (Å²) in [7, 11) is 3.06. The van der Waals surface area contributed by atoms with E-state index in [2.05, 4.69) is 10.6 Å². The Balaban J connectivity index is 2.20. The summed E-state index contributed by atoms with van der Waals surface area (Å²) in [5.74, 6) is 0.0956. The number of carbonyl (C=O) groups excluding carboxylic acids is 2. The zero-order valence-corrected chi connectivity index (χ0v) is 19.6. The molecule has 32 heavy (non-hydrogen) atoms. The molecule has 0 spiro atoms. The summed E-state index contributed by atoms with van der Waals surface area (Å²) in [5.41, 5.74) is 0.0959. The number of hydrogen-bond donors (Lipinski definition) is 2. The van der Waals surface area contributed by atoms with Gasteiger partial charge in [-0.15, -0.1) is 0 Å². The van der Waals surface area contributed by atoms with Crippen LogP contribution in [0.3, 0.4) is 0 Å². The van der Waals surface area contributed by atoms with Gasteiger partial charge in [-0.2, -0.15) is 0 Å². The van der Waals surface area contributed by atoms with Crippen molar-refractivity contribution in [2.24, 2.45) is 14.1 Å². The Morgan fingerprint density at radius 3 is 2.28 bits per heavy atom. The first-order valence-corrected chi connectivity index (χ1v) is 10.8. The molecule has 10 nitrogen and oxygen atoms in total. The van der Waals surface area contributed by atoms with Crippen molar-refractivity contribution in [3.63, 3.8) is 0 Å². The van der Waals surface area contributed by atoms with Crippen LogP contribution in [0.4, 0.5) is 0 Å². The van der Waals surface area contributed by atoms with Crippen molar-refractivity contribution in [2.45, 2.75) is 71.5 Å². The van der Waals surface area contributed by atoms with Crippen LogP contribution in [0, 0.1) is 0 Å². The molecule has 2 N–H and O–H groups in total. The van der Waals surface area contributed by atoms with E-state index >= 15 is 0 Å². The second kappa shape index (κ2) is 8.76. The molecule has 3 rings (SSSR count). The van der Waals surface area contributed by atoms with Gasteiger partial charge in [-0.25, -0.2) is 9.78 Å². The average molecular weight is 445 g/mol. The van der Waals surface area contributed by atoms with Gasteiger partial charge in [0.1, 0.15) is 11.5 Å². The number of aryl methyl sites for hydroxylation is 1. The highest BCUT2D eigenvalue weighted by molar-refractivity contribution is 5.77. The minimum atomic E-state index is -0.878. The number of allylic oxidation sites excluding steroid dienone is 2. The van der Waals surface area contributed by atoms with Crippen molar-refractivity contribution in [1.82, 2.24) is 29.3 Å². The summed E-state index contributed by atoms with van der Waals surface area (Å²) < 4.78 is 4.34. The van der Waals surface area contributed by atoms with Crippen molar-refractivity contribution in [3.8, 4) is 0 Å². The molecule has 1 unspecified atom stereocenters. The van der Waals surface area contributed by atoms with Gasteiger partial charge in [0.05, 0.1) is 0 Å². The molecular weight excluding hydrogens is 412 g/mol. The molecule has 1 saturated carbocycles. The molecule has 10 heteroatoms. The molecule has 0 radical (unpaired) electrons. The molecule has 2 amide bonds. The number of amides is 2. The lowest BCUT2D eigenvalue weighted by molar-refractivity contribution is -0.125. The molecule has 1 atom stereocenters. The molecule has 174 valence electrons. The third kappa shape index (κ3) is 4.39. The summed E-state index contributed by atoms with van der Waals surface area (Å²) >= 11 is 0. The number of rotatable bonds is 5. The van der Waals surface area contributed by atoms with E-state index in [4.69, 9.17) is 4.98 Å². The first-order chi connectivity index (χ1) is 15.0. The van der Waals surface area contributed by atoms with Crippen LogP contribution >= 0.6 is 0 Å². The Hall–Kier alpha value is -3.17. The molecule has 1 fully saturated rings. The first-order valence-electron chi connectivity index (χ1n) is 10.8. The Labute approximate surface area is 186 Å². The second-order valence-electron chi connectivity index (χ2n) is 8.98. The van der Waals surface area contributed by atoms with Crippen LogP contribution in [0.25, 0.3) is 11.2 Å². The van der Waals surface area contributed by atoms with Gasteiger partial charge in [0.2, 0.25) is 11.8 Å². The van der Waals surface area contributed by atoms with Crippen molar-refractivity contribution >= 4 is 23.0 Å². The van der Waals surface area contributed by atoms with Crippen molar-refractivity contribution in [3.05, 3.63) is 38.3 Å². The zero-order chi connectivity index (χ0) is 23.8. The molecule has 0 aliphatic heterocycles. The molecule has 2 aromatic heterocycles. The molecule has 2 heterocycles. The fraction of sp³-hybridized carbons (Fsp3) is 0.591. The fourth-order valence-corrected chi connectivity index (χ4v) is 4.66. The van der Waals surface area contributed by atoms with Crippen LogP contribution in [0.2, 0.25) is 0 Å². The SMILES string of the molecule is CC(=O)NC1(NC(C)=O)CCCC(c2nc3c(c(=O)n(C)c(=O)n3C)n2CC=C(C)C)C1. The van der Waals surface area contributed by atoms with Gasteiger partial charge in [0.25, 0.3) is 5.56 Å². The highest BCUT2D eigenvalue weighted by atomic mass is 16.2. The van der Waals surface area contributed by atoms with Crippen LogP contribution in [-0.2, 0) is 30.2 Å². The maximum absolute atomic E-state index is 13.0.